The summed E-state index contributed by atoms with van der Waals surface area (Å²) in [4.78, 5) is 24.4. The number of carbonyl (C=O) groups is 2. The summed E-state index contributed by atoms with van der Waals surface area (Å²) < 4.78 is 10.7. The Morgan fingerprint density at radius 2 is 2.16 bits per heavy atom. The van der Waals surface area contributed by atoms with Gasteiger partial charge in [-0.15, -0.1) is 0 Å². The summed E-state index contributed by atoms with van der Waals surface area (Å²) in [5, 5.41) is 15.2. The molecule has 8 heteroatoms. The molecule has 0 unspecified atom stereocenters. The standard InChI is InChI=1S/C17H19BrN2O5/c1-4-5-6-25-16(22)13-9(2)19-17(23)20-14(13)10-7-11(18)15(21)12(8-10)24-3/h4-5,7-8,14,21H,6H2,1-3H3,(H2,19,20,23)/b5-4+/t14-/m1/s1. The van der Waals surface area contributed by atoms with Crippen molar-refractivity contribution >= 4 is 27.9 Å². The first-order chi connectivity index (χ1) is 11.9. The van der Waals surface area contributed by atoms with Gasteiger partial charge in [0.15, 0.2) is 11.5 Å². The normalized spacial score (nSPS) is 17.3. The van der Waals surface area contributed by atoms with Gasteiger partial charge in [-0.3, -0.25) is 0 Å². The summed E-state index contributed by atoms with van der Waals surface area (Å²) in [6.45, 7) is 3.59. The van der Waals surface area contributed by atoms with Gasteiger partial charge in [0.25, 0.3) is 0 Å². The Balaban J connectivity index is 2.45. The highest BCUT2D eigenvalue weighted by Gasteiger charge is 2.33. The molecule has 7 nitrogen and oxygen atoms in total. The number of benzene rings is 1. The van der Waals surface area contributed by atoms with Crippen molar-refractivity contribution in [1.29, 1.82) is 0 Å². The van der Waals surface area contributed by atoms with Crippen molar-refractivity contribution in [3.05, 3.63) is 45.6 Å². The van der Waals surface area contributed by atoms with Crippen LogP contribution in [0.15, 0.2) is 40.0 Å². The van der Waals surface area contributed by atoms with E-state index in [4.69, 9.17) is 9.47 Å². The lowest BCUT2D eigenvalue weighted by molar-refractivity contribution is -0.138. The Bertz CT molecular complexity index is 758. The van der Waals surface area contributed by atoms with Gasteiger partial charge >= 0.3 is 12.0 Å². The van der Waals surface area contributed by atoms with Crippen LogP contribution in [0.2, 0.25) is 0 Å². The van der Waals surface area contributed by atoms with Gasteiger partial charge in [-0.25, -0.2) is 9.59 Å². The van der Waals surface area contributed by atoms with Gasteiger partial charge in [-0.2, -0.15) is 0 Å². The number of hydrogen-bond acceptors (Lipinski definition) is 5. The molecule has 2 amide bonds. The molecule has 0 spiro atoms. The molecule has 1 atom stereocenters. The second-order valence-corrected chi connectivity index (χ2v) is 6.15. The van der Waals surface area contributed by atoms with E-state index in [2.05, 4.69) is 26.6 Å². The van der Waals surface area contributed by atoms with Crippen molar-refractivity contribution in [2.75, 3.05) is 13.7 Å². The molecule has 0 saturated carbocycles. The number of ether oxygens (including phenoxy) is 2. The maximum atomic E-state index is 12.5. The molecule has 2 rings (SSSR count). The minimum atomic E-state index is -0.738. The lowest BCUT2D eigenvalue weighted by atomic mass is 9.95. The number of allylic oxidation sites excluding steroid dienone is 2. The number of phenolic OH excluding ortho intramolecular Hbond substituents is 1. The molecule has 0 aliphatic carbocycles. The highest BCUT2D eigenvalue weighted by Crippen LogP contribution is 2.39. The number of methoxy groups -OCH3 is 1. The molecule has 0 aromatic heterocycles. The Morgan fingerprint density at radius 3 is 2.80 bits per heavy atom. The molecule has 1 aliphatic heterocycles. The zero-order valence-electron chi connectivity index (χ0n) is 14.1. The van der Waals surface area contributed by atoms with Crippen LogP contribution in [0.25, 0.3) is 0 Å². The van der Waals surface area contributed by atoms with Crippen LogP contribution in [0.1, 0.15) is 25.5 Å². The highest BCUT2D eigenvalue weighted by molar-refractivity contribution is 9.10. The number of hydrogen-bond donors (Lipinski definition) is 3. The molecule has 1 aromatic carbocycles. The summed E-state index contributed by atoms with van der Waals surface area (Å²) in [6.07, 6.45) is 3.48. The van der Waals surface area contributed by atoms with Gasteiger partial charge < -0.3 is 25.2 Å². The fraction of sp³-hybridized carbons (Fsp3) is 0.294. The van der Waals surface area contributed by atoms with Crippen molar-refractivity contribution in [3.8, 4) is 11.5 Å². The molecule has 0 bridgehead atoms. The monoisotopic (exact) mass is 410 g/mol. The van der Waals surface area contributed by atoms with E-state index in [1.807, 2.05) is 6.92 Å². The number of nitrogens with one attached hydrogen (secondary N) is 2. The van der Waals surface area contributed by atoms with Crippen molar-refractivity contribution < 1.29 is 24.2 Å². The van der Waals surface area contributed by atoms with E-state index in [0.29, 0.717) is 15.7 Å². The smallest absolute Gasteiger partial charge is 0.338 e. The van der Waals surface area contributed by atoms with E-state index in [9.17, 15) is 14.7 Å². The minimum absolute atomic E-state index is 0.0653. The van der Waals surface area contributed by atoms with E-state index in [0.717, 1.165) is 0 Å². The van der Waals surface area contributed by atoms with Crippen LogP contribution >= 0.6 is 15.9 Å². The van der Waals surface area contributed by atoms with Crippen LogP contribution < -0.4 is 15.4 Å². The topological polar surface area (TPSA) is 96.9 Å². The number of esters is 1. The third-order valence-corrected chi connectivity index (χ3v) is 4.24. The van der Waals surface area contributed by atoms with Gasteiger partial charge in [0.2, 0.25) is 0 Å². The quantitative estimate of drug-likeness (QED) is 0.512. The molecule has 1 aromatic rings. The Hall–Kier alpha value is -2.48. The van der Waals surface area contributed by atoms with Crippen molar-refractivity contribution in [1.82, 2.24) is 10.6 Å². The number of amides is 2. The molecular formula is C17H19BrN2O5. The van der Waals surface area contributed by atoms with Crippen LogP contribution in [0.4, 0.5) is 4.79 Å². The highest BCUT2D eigenvalue weighted by atomic mass is 79.9. The third kappa shape index (κ3) is 4.14. The second kappa shape index (κ2) is 8.06. The summed E-state index contributed by atoms with van der Waals surface area (Å²) in [5.74, 6) is -0.392. The third-order valence-electron chi connectivity index (χ3n) is 3.64. The molecule has 0 radical (unpaired) electrons. The van der Waals surface area contributed by atoms with E-state index in [1.165, 1.54) is 7.11 Å². The fourth-order valence-corrected chi connectivity index (χ4v) is 2.89. The summed E-state index contributed by atoms with van der Waals surface area (Å²) in [5.41, 5.74) is 1.25. The van der Waals surface area contributed by atoms with E-state index >= 15 is 0 Å². The number of rotatable bonds is 5. The molecule has 0 saturated heterocycles. The first kappa shape index (κ1) is 18.9. The number of urea groups is 1. The van der Waals surface area contributed by atoms with Crippen molar-refractivity contribution in [2.24, 2.45) is 0 Å². The van der Waals surface area contributed by atoms with E-state index in [-0.39, 0.29) is 23.7 Å². The zero-order valence-corrected chi connectivity index (χ0v) is 15.6. The van der Waals surface area contributed by atoms with Crippen LogP contribution in [0.5, 0.6) is 11.5 Å². The number of halogens is 1. The Labute approximate surface area is 153 Å². The van der Waals surface area contributed by atoms with Crippen LogP contribution in [-0.2, 0) is 9.53 Å². The first-order valence-corrected chi connectivity index (χ1v) is 8.31. The second-order valence-electron chi connectivity index (χ2n) is 5.29. The largest absolute Gasteiger partial charge is 0.503 e. The lowest BCUT2D eigenvalue weighted by Gasteiger charge is -2.28. The van der Waals surface area contributed by atoms with Crippen molar-refractivity contribution in [2.45, 2.75) is 19.9 Å². The predicted molar refractivity (Wildman–Crippen MR) is 95.2 cm³/mol. The predicted octanol–water partition coefficient (Wildman–Crippen LogP) is 2.91. The zero-order chi connectivity index (χ0) is 18.6. The van der Waals surface area contributed by atoms with Gasteiger partial charge in [0.1, 0.15) is 6.61 Å². The van der Waals surface area contributed by atoms with Crippen LogP contribution in [0.3, 0.4) is 0 Å². The molecule has 0 fully saturated rings. The Kier molecular flexibility index (Phi) is 6.08. The average molecular weight is 411 g/mol. The number of phenols is 1. The lowest BCUT2D eigenvalue weighted by Crippen LogP contribution is -2.45. The molecular weight excluding hydrogens is 392 g/mol. The molecule has 25 heavy (non-hydrogen) atoms. The van der Waals surface area contributed by atoms with E-state index < -0.39 is 18.0 Å². The van der Waals surface area contributed by atoms with Crippen molar-refractivity contribution in [3.63, 3.8) is 0 Å². The van der Waals surface area contributed by atoms with Crippen LogP contribution in [0, 0.1) is 0 Å². The molecule has 3 N–H and O–H groups in total. The maximum Gasteiger partial charge on any atom is 0.338 e. The van der Waals surface area contributed by atoms with E-state index in [1.54, 1.807) is 31.2 Å². The average Bonchev–Trinajstić information content (AvgIpc) is 2.56. The molecule has 1 heterocycles. The summed E-state index contributed by atoms with van der Waals surface area (Å²) >= 11 is 3.24. The minimum Gasteiger partial charge on any atom is -0.503 e. The van der Waals surface area contributed by atoms with Gasteiger partial charge in [-0.05, 0) is 47.5 Å². The number of carbonyl (C=O) groups excluding carboxylic acids is 2. The van der Waals surface area contributed by atoms with Gasteiger partial charge in [0.05, 0.1) is 23.2 Å². The SMILES string of the molecule is C/C=C/COC(=O)C1=C(C)NC(=O)N[C@@H]1c1cc(Br)c(O)c(OC)c1. The maximum absolute atomic E-state index is 12.5. The number of aromatic hydroxyl groups is 1. The van der Waals surface area contributed by atoms with Crippen LogP contribution in [-0.4, -0.2) is 30.8 Å². The molecule has 1 aliphatic rings. The van der Waals surface area contributed by atoms with Gasteiger partial charge in [-0.1, -0.05) is 12.2 Å². The Morgan fingerprint density at radius 1 is 1.44 bits per heavy atom. The summed E-state index contributed by atoms with van der Waals surface area (Å²) in [6, 6.07) is 2.00. The first-order valence-electron chi connectivity index (χ1n) is 7.52. The van der Waals surface area contributed by atoms with Gasteiger partial charge in [0, 0.05) is 5.70 Å². The summed E-state index contributed by atoms with van der Waals surface area (Å²) in [7, 11) is 1.42. The molecule has 134 valence electrons. The fourth-order valence-electron chi connectivity index (χ4n) is 2.43.